The van der Waals surface area contributed by atoms with Gasteiger partial charge in [-0.2, -0.15) is 0 Å². The summed E-state index contributed by atoms with van der Waals surface area (Å²) in [6.07, 6.45) is 3.00. The van der Waals surface area contributed by atoms with Crippen LogP contribution in [-0.4, -0.2) is 50.8 Å². The fourth-order valence-corrected chi connectivity index (χ4v) is 2.21. The molecule has 1 aliphatic heterocycles. The van der Waals surface area contributed by atoms with Crippen LogP contribution >= 0.6 is 0 Å². The van der Waals surface area contributed by atoms with E-state index < -0.39 is 0 Å². The average Bonchev–Trinajstić information content (AvgIpc) is 2.28. The van der Waals surface area contributed by atoms with E-state index in [0.717, 1.165) is 5.92 Å². The van der Waals surface area contributed by atoms with Gasteiger partial charge in [0.25, 0.3) is 0 Å². The van der Waals surface area contributed by atoms with E-state index in [1.54, 1.807) is 7.11 Å². The highest BCUT2D eigenvalue weighted by Crippen LogP contribution is 2.14. The topological polar surface area (TPSA) is 24.5 Å². The summed E-state index contributed by atoms with van der Waals surface area (Å²) in [4.78, 5) is 2.42. The maximum Gasteiger partial charge on any atom is 0.0695 e. The first-order valence-corrected chi connectivity index (χ1v) is 6.09. The van der Waals surface area contributed by atoms with Gasteiger partial charge in [-0.05, 0) is 52.7 Å². The van der Waals surface area contributed by atoms with Gasteiger partial charge in [0.15, 0.2) is 0 Å². The van der Waals surface area contributed by atoms with Crippen LogP contribution in [0.5, 0.6) is 0 Å². The van der Waals surface area contributed by atoms with E-state index in [0.29, 0.717) is 12.1 Å². The van der Waals surface area contributed by atoms with Crippen LogP contribution < -0.4 is 5.32 Å². The summed E-state index contributed by atoms with van der Waals surface area (Å²) in [7, 11) is 3.99. The smallest absolute Gasteiger partial charge is 0.0695 e. The summed E-state index contributed by atoms with van der Waals surface area (Å²) in [5.41, 5.74) is 0. The number of methoxy groups -OCH3 is 1. The molecule has 1 rings (SSSR count). The predicted octanol–water partition coefficient (Wildman–Crippen LogP) is 1.34. The number of hydrogen-bond acceptors (Lipinski definition) is 3. The molecule has 3 atom stereocenters. The van der Waals surface area contributed by atoms with Gasteiger partial charge < -0.3 is 15.0 Å². The van der Waals surface area contributed by atoms with Gasteiger partial charge in [-0.1, -0.05) is 0 Å². The highest BCUT2D eigenvalue weighted by atomic mass is 16.5. The number of likely N-dealkylation sites (N-methyl/N-ethyl adjacent to an activating group) is 1. The largest absolute Gasteiger partial charge is 0.380 e. The van der Waals surface area contributed by atoms with Gasteiger partial charge in [0.05, 0.1) is 6.10 Å². The van der Waals surface area contributed by atoms with Gasteiger partial charge in [-0.3, -0.25) is 0 Å². The van der Waals surface area contributed by atoms with Crippen LogP contribution in [0.1, 0.15) is 26.7 Å². The van der Waals surface area contributed by atoms with Crippen molar-refractivity contribution in [1.82, 2.24) is 10.2 Å². The first-order valence-electron chi connectivity index (χ1n) is 6.09. The molecule has 0 amide bonds. The molecular weight excluding hydrogens is 188 g/mol. The van der Waals surface area contributed by atoms with Gasteiger partial charge in [0, 0.05) is 19.7 Å². The minimum absolute atomic E-state index is 0.312. The molecule has 3 unspecified atom stereocenters. The molecule has 0 saturated carbocycles. The minimum Gasteiger partial charge on any atom is -0.380 e. The van der Waals surface area contributed by atoms with Crippen LogP contribution in [0.3, 0.4) is 0 Å². The zero-order valence-corrected chi connectivity index (χ0v) is 10.6. The molecule has 0 bridgehead atoms. The van der Waals surface area contributed by atoms with Crippen molar-refractivity contribution in [2.75, 3.05) is 33.8 Å². The van der Waals surface area contributed by atoms with Crippen molar-refractivity contribution >= 4 is 0 Å². The van der Waals surface area contributed by atoms with E-state index in [-0.39, 0.29) is 0 Å². The Morgan fingerprint density at radius 3 is 2.73 bits per heavy atom. The summed E-state index contributed by atoms with van der Waals surface area (Å²) in [6.45, 7) is 7.94. The van der Waals surface area contributed by atoms with Crippen molar-refractivity contribution in [3.8, 4) is 0 Å². The Hall–Kier alpha value is -0.120. The summed E-state index contributed by atoms with van der Waals surface area (Å²) in [5, 5.41) is 3.46. The maximum atomic E-state index is 5.36. The Labute approximate surface area is 94.2 Å². The van der Waals surface area contributed by atoms with Crippen LogP contribution in [0.4, 0.5) is 0 Å². The molecule has 1 aliphatic rings. The summed E-state index contributed by atoms with van der Waals surface area (Å²) in [5.74, 6) is 0.815. The van der Waals surface area contributed by atoms with Crippen LogP contribution in [-0.2, 0) is 4.74 Å². The normalized spacial score (nSPS) is 26.6. The molecule has 15 heavy (non-hydrogen) atoms. The fraction of sp³-hybridized carbons (Fsp3) is 1.00. The maximum absolute atomic E-state index is 5.36. The first kappa shape index (κ1) is 12.9. The molecular formula is C12H26N2O. The summed E-state index contributed by atoms with van der Waals surface area (Å²) in [6, 6.07) is 0.497. The molecule has 0 radical (unpaired) electrons. The lowest BCUT2D eigenvalue weighted by molar-refractivity contribution is 0.0368. The number of hydrogen-bond donors (Lipinski definition) is 1. The monoisotopic (exact) mass is 214 g/mol. The minimum atomic E-state index is 0.312. The Morgan fingerprint density at radius 1 is 1.47 bits per heavy atom. The molecule has 0 aromatic heterocycles. The second-order valence-corrected chi connectivity index (χ2v) is 4.83. The van der Waals surface area contributed by atoms with Crippen molar-refractivity contribution in [2.45, 2.75) is 38.8 Å². The van der Waals surface area contributed by atoms with Crippen LogP contribution in [0.25, 0.3) is 0 Å². The number of nitrogens with one attached hydrogen (secondary N) is 1. The Bertz CT molecular complexity index is 169. The molecule has 3 heteroatoms. The van der Waals surface area contributed by atoms with E-state index in [4.69, 9.17) is 4.74 Å². The predicted molar refractivity (Wildman–Crippen MR) is 64.2 cm³/mol. The highest BCUT2D eigenvalue weighted by molar-refractivity contribution is 4.76. The molecule has 1 heterocycles. The first-order chi connectivity index (χ1) is 7.15. The molecule has 90 valence electrons. The molecule has 1 saturated heterocycles. The zero-order valence-electron chi connectivity index (χ0n) is 10.6. The molecule has 3 nitrogen and oxygen atoms in total. The van der Waals surface area contributed by atoms with E-state index in [1.807, 2.05) is 0 Å². The zero-order chi connectivity index (χ0) is 11.3. The van der Waals surface area contributed by atoms with Gasteiger partial charge in [-0.25, -0.2) is 0 Å². The van der Waals surface area contributed by atoms with Crippen molar-refractivity contribution in [3.05, 3.63) is 0 Å². The summed E-state index contributed by atoms with van der Waals surface area (Å²) < 4.78 is 5.36. The molecule has 0 aliphatic carbocycles. The molecule has 0 aromatic rings. The number of piperidine rings is 1. The van der Waals surface area contributed by atoms with Crippen molar-refractivity contribution in [1.29, 1.82) is 0 Å². The Kier molecular flexibility index (Phi) is 5.58. The van der Waals surface area contributed by atoms with Crippen molar-refractivity contribution in [3.63, 3.8) is 0 Å². The third-order valence-electron chi connectivity index (χ3n) is 3.69. The third-order valence-corrected chi connectivity index (χ3v) is 3.69. The third kappa shape index (κ3) is 4.09. The van der Waals surface area contributed by atoms with E-state index in [1.165, 1.54) is 32.5 Å². The lowest BCUT2D eigenvalue weighted by Gasteiger charge is -2.33. The van der Waals surface area contributed by atoms with E-state index >= 15 is 0 Å². The van der Waals surface area contributed by atoms with Crippen LogP contribution in [0.15, 0.2) is 0 Å². The number of rotatable bonds is 5. The average molecular weight is 214 g/mol. The summed E-state index contributed by atoms with van der Waals surface area (Å²) >= 11 is 0. The molecule has 1 fully saturated rings. The lowest BCUT2D eigenvalue weighted by Crippen LogP contribution is -2.44. The lowest BCUT2D eigenvalue weighted by atomic mass is 9.98. The highest BCUT2D eigenvalue weighted by Gasteiger charge is 2.21. The quantitative estimate of drug-likeness (QED) is 0.747. The number of ether oxygens (including phenoxy) is 1. The van der Waals surface area contributed by atoms with Crippen molar-refractivity contribution < 1.29 is 4.74 Å². The second-order valence-electron chi connectivity index (χ2n) is 4.83. The Morgan fingerprint density at radius 2 is 2.20 bits per heavy atom. The molecule has 0 aromatic carbocycles. The number of nitrogens with zero attached hydrogens (tertiary/aromatic N) is 1. The van der Waals surface area contributed by atoms with Crippen LogP contribution in [0, 0.1) is 5.92 Å². The van der Waals surface area contributed by atoms with Crippen LogP contribution in [0.2, 0.25) is 0 Å². The molecule has 0 spiro atoms. The van der Waals surface area contributed by atoms with Gasteiger partial charge in [0.1, 0.15) is 0 Å². The van der Waals surface area contributed by atoms with E-state index in [2.05, 4.69) is 31.1 Å². The van der Waals surface area contributed by atoms with E-state index in [9.17, 15) is 0 Å². The SMILES string of the molecule is COC(C)C(C)N(C)CC1CCCNC1. The van der Waals surface area contributed by atoms with Gasteiger partial charge in [-0.15, -0.1) is 0 Å². The fourth-order valence-electron chi connectivity index (χ4n) is 2.21. The Balaban J connectivity index is 2.29. The second kappa shape index (κ2) is 6.46. The van der Waals surface area contributed by atoms with Crippen molar-refractivity contribution in [2.24, 2.45) is 5.92 Å². The molecule has 1 N–H and O–H groups in total. The standard InChI is InChI=1S/C12H26N2O/c1-10(11(2)15-4)14(3)9-12-6-5-7-13-8-12/h10-13H,5-9H2,1-4H3. The van der Waals surface area contributed by atoms with Gasteiger partial charge >= 0.3 is 0 Å². The van der Waals surface area contributed by atoms with Gasteiger partial charge in [0.2, 0.25) is 0 Å².